The third kappa shape index (κ3) is 1.25. The van der Waals surface area contributed by atoms with Crippen LogP contribution in [-0.2, 0) is 0 Å². The van der Waals surface area contributed by atoms with E-state index in [1.807, 2.05) is 13.8 Å². The van der Waals surface area contributed by atoms with Crippen LogP contribution in [0.15, 0.2) is 12.3 Å². The molecule has 2 N–H and O–H groups in total. The Labute approximate surface area is 59.8 Å². The number of rotatable bonds is 1. The van der Waals surface area contributed by atoms with Gasteiger partial charge >= 0.3 is 0 Å². The van der Waals surface area contributed by atoms with Crippen molar-refractivity contribution in [2.24, 2.45) is 5.90 Å². The molecule has 0 aliphatic rings. The number of nitrogens with zero attached hydrogens (tertiary/aromatic N) is 1. The lowest BCUT2D eigenvalue weighted by atomic mass is 10.2. The van der Waals surface area contributed by atoms with Gasteiger partial charge in [0.15, 0.2) is 5.75 Å². The highest BCUT2D eigenvalue weighted by molar-refractivity contribution is 5.30. The monoisotopic (exact) mass is 138 g/mol. The van der Waals surface area contributed by atoms with Gasteiger partial charge in [-0.2, -0.15) is 5.90 Å². The van der Waals surface area contributed by atoms with Gasteiger partial charge in [-0.1, -0.05) is 0 Å². The van der Waals surface area contributed by atoms with E-state index in [1.54, 1.807) is 12.3 Å². The molecule has 3 nitrogen and oxygen atoms in total. The summed E-state index contributed by atoms with van der Waals surface area (Å²) in [5.41, 5.74) is 1.86. The molecule has 0 aromatic carbocycles. The van der Waals surface area contributed by atoms with Crippen LogP contribution in [0.3, 0.4) is 0 Å². The molecule has 1 heterocycles. The number of aryl methyl sites for hydroxylation is 2. The molecule has 10 heavy (non-hydrogen) atoms. The minimum atomic E-state index is 0.688. The lowest BCUT2D eigenvalue weighted by Crippen LogP contribution is -2.03. The maximum Gasteiger partial charge on any atom is 0.153 e. The molecule has 0 aliphatic heterocycles. The van der Waals surface area contributed by atoms with Crippen LogP contribution in [0.1, 0.15) is 11.3 Å². The molecule has 0 radical (unpaired) electrons. The van der Waals surface area contributed by atoms with Gasteiger partial charge in [0.05, 0.1) is 0 Å². The summed E-state index contributed by atoms with van der Waals surface area (Å²) in [6.07, 6.45) is 1.73. The van der Waals surface area contributed by atoms with Crippen LogP contribution in [0.4, 0.5) is 0 Å². The average molecular weight is 138 g/mol. The minimum absolute atomic E-state index is 0.688. The molecule has 54 valence electrons. The average Bonchev–Trinajstić information content (AvgIpc) is 1.94. The Hall–Kier alpha value is -1.09. The molecular formula is C7H10N2O. The number of hydrogen-bond donors (Lipinski definition) is 1. The predicted molar refractivity (Wildman–Crippen MR) is 38.5 cm³/mol. The van der Waals surface area contributed by atoms with Gasteiger partial charge in [0.2, 0.25) is 0 Å². The molecule has 0 unspecified atom stereocenters. The highest BCUT2D eigenvalue weighted by atomic mass is 16.6. The third-order valence-corrected chi connectivity index (χ3v) is 1.32. The zero-order chi connectivity index (χ0) is 7.56. The SMILES string of the molecule is Cc1cc(ON)c(C)cn1. The van der Waals surface area contributed by atoms with Crippen molar-refractivity contribution in [1.29, 1.82) is 0 Å². The second-order valence-corrected chi connectivity index (χ2v) is 2.21. The predicted octanol–water partition coefficient (Wildman–Crippen LogP) is 0.951. The Morgan fingerprint density at radius 3 is 2.70 bits per heavy atom. The van der Waals surface area contributed by atoms with Gasteiger partial charge in [0, 0.05) is 23.5 Å². The van der Waals surface area contributed by atoms with Crippen LogP contribution in [0.2, 0.25) is 0 Å². The summed E-state index contributed by atoms with van der Waals surface area (Å²) in [6, 6.07) is 1.80. The van der Waals surface area contributed by atoms with E-state index < -0.39 is 0 Å². The van der Waals surface area contributed by atoms with Crippen LogP contribution >= 0.6 is 0 Å². The first-order chi connectivity index (χ1) is 4.74. The van der Waals surface area contributed by atoms with E-state index in [0.29, 0.717) is 5.75 Å². The zero-order valence-corrected chi connectivity index (χ0v) is 6.09. The molecule has 3 heteroatoms. The summed E-state index contributed by atoms with van der Waals surface area (Å²) in [6.45, 7) is 3.79. The van der Waals surface area contributed by atoms with Gasteiger partial charge in [0.1, 0.15) is 0 Å². The molecule has 0 spiro atoms. The molecule has 0 saturated heterocycles. The Bertz CT molecular complexity index is 235. The van der Waals surface area contributed by atoms with E-state index in [-0.39, 0.29) is 0 Å². The van der Waals surface area contributed by atoms with E-state index in [1.165, 1.54) is 0 Å². The molecule has 1 aromatic rings. The van der Waals surface area contributed by atoms with E-state index >= 15 is 0 Å². The Kier molecular flexibility index (Phi) is 1.87. The second kappa shape index (κ2) is 2.66. The summed E-state index contributed by atoms with van der Waals surface area (Å²) >= 11 is 0. The summed E-state index contributed by atoms with van der Waals surface area (Å²) in [5, 5.41) is 0. The fraction of sp³-hybridized carbons (Fsp3) is 0.286. The van der Waals surface area contributed by atoms with Gasteiger partial charge in [-0.3, -0.25) is 4.98 Å². The summed E-state index contributed by atoms with van der Waals surface area (Å²) < 4.78 is 0. The fourth-order valence-corrected chi connectivity index (χ4v) is 0.730. The number of pyridine rings is 1. The molecule has 0 amide bonds. The molecule has 0 aliphatic carbocycles. The van der Waals surface area contributed by atoms with E-state index in [9.17, 15) is 0 Å². The lowest BCUT2D eigenvalue weighted by molar-refractivity contribution is 0.331. The normalized spacial score (nSPS) is 9.50. The first-order valence-corrected chi connectivity index (χ1v) is 3.04. The van der Waals surface area contributed by atoms with Crippen molar-refractivity contribution in [1.82, 2.24) is 4.98 Å². The molecule has 0 fully saturated rings. The fourth-order valence-electron chi connectivity index (χ4n) is 0.730. The molecule has 1 rings (SSSR count). The van der Waals surface area contributed by atoms with Crippen LogP contribution in [0.5, 0.6) is 5.75 Å². The van der Waals surface area contributed by atoms with Gasteiger partial charge in [-0.05, 0) is 13.8 Å². The second-order valence-electron chi connectivity index (χ2n) is 2.21. The molecule has 0 atom stereocenters. The van der Waals surface area contributed by atoms with Gasteiger partial charge in [-0.25, -0.2) is 0 Å². The Morgan fingerprint density at radius 2 is 2.20 bits per heavy atom. The maximum absolute atomic E-state index is 4.99. The lowest BCUT2D eigenvalue weighted by Gasteiger charge is -2.01. The Morgan fingerprint density at radius 1 is 1.50 bits per heavy atom. The van der Waals surface area contributed by atoms with Crippen molar-refractivity contribution in [2.75, 3.05) is 0 Å². The van der Waals surface area contributed by atoms with Crippen molar-refractivity contribution in [2.45, 2.75) is 13.8 Å². The number of aromatic nitrogens is 1. The van der Waals surface area contributed by atoms with Gasteiger partial charge < -0.3 is 4.84 Å². The van der Waals surface area contributed by atoms with E-state index in [0.717, 1.165) is 11.3 Å². The maximum atomic E-state index is 4.99. The molecular weight excluding hydrogens is 128 g/mol. The summed E-state index contributed by atoms with van der Waals surface area (Å²) in [7, 11) is 0. The Balaban J connectivity index is 3.09. The van der Waals surface area contributed by atoms with Crippen LogP contribution in [0.25, 0.3) is 0 Å². The highest BCUT2D eigenvalue weighted by Crippen LogP contribution is 2.14. The van der Waals surface area contributed by atoms with Crippen LogP contribution in [-0.4, -0.2) is 4.98 Å². The molecule has 0 saturated carbocycles. The standard InChI is InChI=1S/C7H10N2O/c1-5-4-9-6(2)3-7(5)10-8/h3-4H,8H2,1-2H3. The third-order valence-electron chi connectivity index (χ3n) is 1.32. The zero-order valence-electron chi connectivity index (χ0n) is 6.09. The van der Waals surface area contributed by atoms with Crippen molar-refractivity contribution >= 4 is 0 Å². The van der Waals surface area contributed by atoms with Crippen molar-refractivity contribution in [3.05, 3.63) is 23.5 Å². The minimum Gasteiger partial charge on any atom is -0.411 e. The summed E-state index contributed by atoms with van der Waals surface area (Å²) in [4.78, 5) is 8.64. The van der Waals surface area contributed by atoms with Gasteiger partial charge in [-0.15, -0.1) is 0 Å². The topological polar surface area (TPSA) is 48.1 Å². The van der Waals surface area contributed by atoms with Crippen LogP contribution < -0.4 is 10.7 Å². The largest absolute Gasteiger partial charge is 0.411 e. The van der Waals surface area contributed by atoms with Crippen LogP contribution in [0, 0.1) is 13.8 Å². The molecule has 1 aromatic heterocycles. The summed E-state index contributed by atoms with van der Waals surface area (Å²) in [5.74, 6) is 5.68. The van der Waals surface area contributed by atoms with E-state index in [2.05, 4.69) is 9.82 Å². The molecule has 0 bridgehead atoms. The van der Waals surface area contributed by atoms with Crippen molar-refractivity contribution in [3.8, 4) is 5.75 Å². The van der Waals surface area contributed by atoms with Gasteiger partial charge in [0.25, 0.3) is 0 Å². The highest BCUT2D eigenvalue weighted by Gasteiger charge is 1.97. The van der Waals surface area contributed by atoms with E-state index in [4.69, 9.17) is 5.90 Å². The smallest absolute Gasteiger partial charge is 0.153 e. The number of nitrogens with two attached hydrogens (primary N) is 1. The van der Waals surface area contributed by atoms with Crippen molar-refractivity contribution < 1.29 is 4.84 Å². The quantitative estimate of drug-likeness (QED) is 0.588. The number of hydrogen-bond acceptors (Lipinski definition) is 3. The van der Waals surface area contributed by atoms with Crippen molar-refractivity contribution in [3.63, 3.8) is 0 Å². The first kappa shape index (κ1) is 7.02. The first-order valence-electron chi connectivity index (χ1n) is 3.04.